The van der Waals surface area contributed by atoms with Crippen molar-refractivity contribution in [2.75, 3.05) is 42.5 Å². The van der Waals surface area contributed by atoms with Crippen molar-refractivity contribution in [1.82, 2.24) is 24.5 Å². The van der Waals surface area contributed by atoms with Crippen LogP contribution < -0.4 is 9.80 Å². The zero-order valence-electron chi connectivity index (χ0n) is 17.8. The van der Waals surface area contributed by atoms with E-state index >= 15 is 0 Å². The summed E-state index contributed by atoms with van der Waals surface area (Å²) >= 11 is 0. The number of anilines is 2. The van der Waals surface area contributed by atoms with Gasteiger partial charge in [-0.2, -0.15) is 19.9 Å². The summed E-state index contributed by atoms with van der Waals surface area (Å²) in [5.41, 5.74) is 1.73. The van der Waals surface area contributed by atoms with Crippen LogP contribution in [0.4, 0.5) is 11.5 Å². The molecule has 1 unspecified atom stereocenters. The van der Waals surface area contributed by atoms with Crippen molar-refractivity contribution in [1.29, 1.82) is 5.26 Å². The van der Waals surface area contributed by atoms with Crippen LogP contribution in [0.2, 0.25) is 0 Å². The second-order valence-electron chi connectivity index (χ2n) is 7.66. The third kappa shape index (κ3) is 4.34. The maximum Gasteiger partial charge on any atom is 0.254 e. The van der Waals surface area contributed by atoms with E-state index in [0.717, 1.165) is 43.4 Å². The number of hydrogen-bond acceptors (Lipinski definition) is 7. The van der Waals surface area contributed by atoms with Gasteiger partial charge in [-0.25, -0.2) is 4.98 Å². The van der Waals surface area contributed by atoms with Gasteiger partial charge in [0, 0.05) is 50.2 Å². The molecule has 160 valence electrons. The summed E-state index contributed by atoms with van der Waals surface area (Å²) < 4.78 is 1.76. The Morgan fingerprint density at radius 2 is 1.97 bits per heavy atom. The highest BCUT2D eigenvalue weighted by Crippen LogP contribution is 2.21. The van der Waals surface area contributed by atoms with E-state index in [9.17, 15) is 4.79 Å². The van der Waals surface area contributed by atoms with Gasteiger partial charge in [-0.05, 0) is 26.0 Å². The number of nitrogens with zero attached hydrogens (tertiary/aromatic N) is 8. The minimum Gasteiger partial charge on any atom is -0.354 e. The molecule has 9 heteroatoms. The van der Waals surface area contributed by atoms with Gasteiger partial charge in [0.1, 0.15) is 12.1 Å². The standard InChI is InChI=1S/C22H26N8O/c1-17-15-20(30-22(26-17)24-16-25-30)28-13-11-27(12-14-28)18(2)21(31)29(10-6-9-23)19-7-4-3-5-8-19/h3-5,7-8,15-16,18H,6,10-14H2,1-2H3. The minimum atomic E-state index is -0.272. The second kappa shape index (κ2) is 9.10. The lowest BCUT2D eigenvalue weighted by atomic mass is 10.1. The molecule has 0 saturated carbocycles. The predicted octanol–water partition coefficient (Wildman–Crippen LogP) is 1.89. The van der Waals surface area contributed by atoms with Crippen molar-refractivity contribution in [2.24, 2.45) is 0 Å². The van der Waals surface area contributed by atoms with Crippen LogP contribution >= 0.6 is 0 Å². The molecule has 1 fully saturated rings. The third-order valence-corrected chi connectivity index (χ3v) is 5.69. The van der Waals surface area contributed by atoms with E-state index < -0.39 is 0 Å². The first kappa shape index (κ1) is 20.8. The molecule has 2 aromatic heterocycles. The predicted molar refractivity (Wildman–Crippen MR) is 118 cm³/mol. The molecule has 31 heavy (non-hydrogen) atoms. The number of fused-ring (bicyclic) bond motifs is 1. The monoisotopic (exact) mass is 418 g/mol. The summed E-state index contributed by atoms with van der Waals surface area (Å²) in [6.07, 6.45) is 1.82. The van der Waals surface area contributed by atoms with Crippen molar-refractivity contribution in [2.45, 2.75) is 26.3 Å². The average molecular weight is 419 g/mol. The van der Waals surface area contributed by atoms with Crippen LogP contribution in [0.25, 0.3) is 5.78 Å². The van der Waals surface area contributed by atoms with Crippen LogP contribution in [0, 0.1) is 18.3 Å². The molecule has 0 radical (unpaired) electrons. The Kier molecular flexibility index (Phi) is 6.09. The van der Waals surface area contributed by atoms with Gasteiger partial charge in [-0.15, -0.1) is 0 Å². The van der Waals surface area contributed by atoms with Crippen molar-refractivity contribution < 1.29 is 4.79 Å². The normalized spacial score (nSPS) is 15.6. The quantitative estimate of drug-likeness (QED) is 0.603. The summed E-state index contributed by atoms with van der Waals surface area (Å²) in [6, 6.07) is 13.5. The number of aryl methyl sites for hydroxylation is 1. The molecule has 4 rings (SSSR count). The molecule has 1 aliphatic heterocycles. The van der Waals surface area contributed by atoms with Gasteiger partial charge in [-0.1, -0.05) is 18.2 Å². The molecule has 1 amide bonds. The summed E-state index contributed by atoms with van der Waals surface area (Å²) in [5.74, 6) is 1.59. The highest BCUT2D eigenvalue weighted by Gasteiger charge is 2.30. The Morgan fingerprint density at radius 1 is 1.23 bits per heavy atom. The first-order valence-electron chi connectivity index (χ1n) is 10.5. The molecule has 3 heterocycles. The number of benzene rings is 1. The zero-order chi connectivity index (χ0) is 21.8. The molecule has 1 aliphatic rings. The maximum atomic E-state index is 13.3. The van der Waals surface area contributed by atoms with Crippen molar-refractivity contribution >= 4 is 23.2 Å². The number of piperazine rings is 1. The van der Waals surface area contributed by atoms with Crippen molar-refractivity contribution in [3.05, 3.63) is 48.4 Å². The fraction of sp³-hybridized carbons (Fsp3) is 0.409. The molecule has 1 aromatic carbocycles. The molecule has 1 saturated heterocycles. The summed E-state index contributed by atoms with van der Waals surface area (Å²) in [7, 11) is 0. The Balaban J connectivity index is 1.45. The lowest BCUT2D eigenvalue weighted by Crippen LogP contribution is -2.55. The number of carbonyl (C=O) groups excluding carboxylic acids is 1. The van der Waals surface area contributed by atoms with Crippen LogP contribution in [-0.2, 0) is 4.79 Å². The van der Waals surface area contributed by atoms with Gasteiger partial charge in [0.15, 0.2) is 0 Å². The van der Waals surface area contributed by atoms with E-state index in [-0.39, 0.29) is 11.9 Å². The Labute approximate surface area is 181 Å². The second-order valence-corrected chi connectivity index (χ2v) is 7.66. The van der Waals surface area contributed by atoms with Gasteiger partial charge in [0.2, 0.25) is 5.91 Å². The fourth-order valence-electron chi connectivity index (χ4n) is 3.99. The Bertz CT molecular complexity index is 1080. The SMILES string of the molecule is Cc1cc(N2CCN(C(C)C(=O)N(CCC#N)c3ccccc3)CC2)n2ncnc2n1. The van der Waals surface area contributed by atoms with Gasteiger partial charge in [0.25, 0.3) is 5.78 Å². The third-order valence-electron chi connectivity index (χ3n) is 5.69. The van der Waals surface area contributed by atoms with Gasteiger partial charge < -0.3 is 9.80 Å². The van der Waals surface area contributed by atoms with Gasteiger partial charge in [-0.3, -0.25) is 9.69 Å². The van der Waals surface area contributed by atoms with E-state index in [4.69, 9.17) is 5.26 Å². The Morgan fingerprint density at radius 3 is 2.68 bits per heavy atom. The molecule has 3 aromatic rings. The van der Waals surface area contributed by atoms with Crippen LogP contribution in [0.15, 0.2) is 42.7 Å². The van der Waals surface area contributed by atoms with Gasteiger partial charge >= 0.3 is 0 Å². The summed E-state index contributed by atoms with van der Waals surface area (Å²) in [5, 5.41) is 13.3. The maximum absolute atomic E-state index is 13.3. The number of amides is 1. The molecule has 9 nitrogen and oxygen atoms in total. The zero-order valence-corrected chi connectivity index (χ0v) is 17.8. The number of para-hydroxylation sites is 1. The molecule has 0 N–H and O–H groups in total. The molecular formula is C22H26N8O. The lowest BCUT2D eigenvalue weighted by Gasteiger charge is -2.39. The van der Waals surface area contributed by atoms with E-state index in [2.05, 4.69) is 30.9 Å². The molecule has 0 bridgehead atoms. The highest BCUT2D eigenvalue weighted by molar-refractivity contribution is 5.97. The van der Waals surface area contributed by atoms with E-state index in [1.165, 1.54) is 6.33 Å². The van der Waals surface area contributed by atoms with Crippen LogP contribution in [-0.4, -0.2) is 69.2 Å². The lowest BCUT2D eigenvalue weighted by molar-refractivity contribution is -0.123. The highest BCUT2D eigenvalue weighted by atomic mass is 16.2. The molecule has 0 aliphatic carbocycles. The summed E-state index contributed by atoms with van der Waals surface area (Å²) in [4.78, 5) is 28.1. The number of aromatic nitrogens is 4. The number of rotatable bonds is 6. The van der Waals surface area contributed by atoms with Crippen LogP contribution in [0.1, 0.15) is 19.0 Å². The molecular weight excluding hydrogens is 392 g/mol. The summed E-state index contributed by atoms with van der Waals surface area (Å²) in [6.45, 7) is 7.36. The van der Waals surface area contributed by atoms with E-state index in [1.54, 1.807) is 9.42 Å². The largest absolute Gasteiger partial charge is 0.354 e. The van der Waals surface area contributed by atoms with Crippen molar-refractivity contribution in [3.63, 3.8) is 0 Å². The number of nitriles is 1. The number of hydrogen-bond donors (Lipinski definition) is 0. The van der Waals surface area contributed by atoms with Crippen LogP contribution in [0.5, 0.6) is 0 Å². The van der Waals surface area contributed by atoms with E-state index in [0.29, 0.717) is 18.7 Å². The first-order chi connectivity index (χ1) is 15.1. The van der Waals surface area contributed by atoms with Crippen molar-refractivity contribution in [3.8, 4) is 6.07 Å². The van der Waals surface area contributed by atoms with E-state index in [1.807, 2.05) is 50.2 Å². The minimum absolute atomic E-state index is 0.0216. The smallest absolute Gasteiger partial charge is 0.254 e. The number of carbonyl (C=O) groups is 1. The average Bonchev–Trinajstić information content (AvgIpc) is 3.27. The molecule has 0 spiro atoms. The molecule has 1 atom stereocenters. The topological polar surface area (TPSA) is 93.7 Å². The van der Waals surface area contributed by atoms with Gasteiger partial charge in [0.05, 0.1) is 18.5 Å². The van der Waals surface area contributed by atoms with Crippen LogP contribution in [0.3, 0.4) is 0 Å². The first-order valence-corrected chi connectivity index (χ1v) is 10.5. The Hall–Kier alpha value is -3.51. The fourth-order valence-corrected chi connectivity index (χ4v) is 3.99.